The van der Waals surface area contributed by atoms with Crippen molar-refractivity contribution in [1.82, 2.24) is 20.5 Å². The van der Waals surface area contributed by atoms with Crippen molar-refractivity contribution >= 4 is 23.5 Å². The quantitative estimate of drug-likeness (QED) is 0.440. The minimum absolute atomic E-state index is 0.0518. The highest BCUT2D eigenvalue weighted by molar-refractivity contribution is 5.96. The van der Waals surface area contributed by atoms with Gasteiger partial charge >= 0.3 is 0 Å². The number of piperidine rings is 1. The number of ether oxygens (including phenoxy) is 3. The van der Waals surface area contributed by atoms with Crippen LogP contribution in [0.2, 0.25) is 0 Å². The van der Waals surface area contributed by atoms with Crippen LogP contribution in [0.5, 0.6) is 17.2 Å². The molecule has 40 heavy (non-hydrogen) atoms. The summed E-state index contributed by atoms with van der Waals surface area (Å²) in [6.07, 6.45) is 1.19. The minimum atomic E-state index is -0.641. The van der Waals surface area contributed by atoms with Gasteiger partial charge in [-0.3, -0.25) is 14.4 Å². The van der Waals surface area contributed by atoms with Crippen molar-refractivity contribution in [2.75, 3.05) is 32.5 Å². The number of nitrogens with one attached hydrogen (secondary N) is 2. The van der Waals surface area contributed by atoms with E-state index in [0.717, 1.165) is 0 Å². The van der Waals surface area contributed by atoms with E-state index in [4.69, 9.17) is 19.9 Å². The highest BCUT2D eigenvalue weighted by atomic mass is 19.1. The molecule has 2 aliphatic rings. The Hall–Kier alpha value is -4.87. The second kappa shape index (κ2) is 11.5. The number of hydrogen-bond donors (Lipinski definition) is 3. The van der Waals surface area contributed by atoms with E-state index in [2.05, 4.69) is 15.6 Å². The molecule has 3 aromatic rings. The van der Waals surface area contributed by atoms with Crippen LogP contribution in [0, 0.1) is 5.82 Å². The molecule has 0 aliphatic carbocycles. The van der Waals surface area contributed by atoms with Gasteiger partial charge in [0.05, 0.1) is 18.7 Å². The molecule has 0 unspecified atom stereocenters. The molecule has 0 saturated carbocycles. The molecular weight excluding hydrogens is 521 g/mol. The van der Waals surface area contributed by atoms with Gasteiger partial charge in [-0.15, -0.1) is 0 Å². The normalized spacial score (nSPS) is 19.3. The zero-order valence-electron chi connectivity index (χ0n) is 21.7. The van der Waals surface area contributed by atoms with Gasteiger partial charge in [0.15, 0.2) is 18.1 Å². The van der Waals surface area contributed by atoms with Crippen LogP contribution in [0.15, 0.2) is 54.7 Å². The monoisotopic (exact) mass is 549 g/mol. The van der Waals surface area contributed by atoms with Gasteiger partial charge < -0.3 is 35.5 Å². The number of anilines is 1. The zero-order chi connectivity index (χ0) is 28.2. The van der Waals surface area contributed by atoms with E-state index in [9.17, 15) is 18.8 Å². The molecule has 3 heterocycles. The Morgan fingerprint density at radius 2 is 2.02 bits per heavy atom. The van der Waals surface area contributed by atoms with E-state index in [1.807, 2.05) is 0 Å². The molecular formula is C28H28FN5O6. The average Bonchev–Trinajstić information content (AvgIpc) is 2.95. The van der Waals surface area contributed by atoms with Gasteiger partial charge in [-0.2, -0.15) is 0 Å². The summed E-state index contributed by atoms with van der Waals surface area (Å²) in [5.41, 5.74) is 6.75. The fourth-order valence-corrected chi connectivity index (χ4v) is 4.65. The molecule has 11 nitrogen and oxygen atoms in total. The molecule has 3 amide bonds. The molecule has 208 valence electrons. The van der Waals surface area contributed by atoms with Crippen LogP contribution in [0.25, 0.3) is 0 Å². The van der Waals surface area contributed by atoms with Crippen LogP contribution in [-0.4, -0.2) is 66.6 Å². The van der Waals surface area contributed by atoms with Crippen LogP contribution >= 0.6 is 0 Å². The Morgan fingerprint density at radius 3 is 2.80 bits per heavy atom. The number of hydrogen-bond acceptors (Lipinski definition) is 8. The predicted molar refractivity (Wildman–Crippen MR) is 142 cm³/mol. The first kappa shape index (κ1) is 26.7. The van der Waals surface area contributed by atoms with Crippen molar-refractivity contribution in [3.63, 3.8) is 0 Å². The Morgan fingerprint density at radius 1 is 1.18 bits per heavy atom. The number of nitrogens with zero attached hydrogens (tertiary/aromatic N) is 2. The number of carbonyl (C=O) groups is 3. The number of benzene rings is 2. The highest BCUT2D eigenvalue weighted by Gasteiger charge is 2.35. The molecule has 12 heteroatoms. The fraction of sp³-hybridized carbons (Fsp3) is 0.286. The van der Waals surface area contributed by atoms with Gasteiger partial charge in [-0.25, -0.2) is 9.37 Å². The van der Waals surface area contributed by atoms with Crippen molar-refractivity contribution in [3.05, 3.63) is 77.2 Å². The molecule has 1 saturated heterocycles. The minimum Gasteiger partial charge on any atom is -0.493 e. The molecule has 2 aliphatic heterocycles. The van der Waals surface area contributed by atoms with Gasteiger partial charge in [0.2, 0.25) is 0 Å². The summed E-state index contributed by atoms with van der Waals surface area (Å²) in [5, 5.41) is 5.65. The fourth-order valence-electron chi connectivity index (χ4n) is 4.65. The smallest absolute Gasteiger partial charge is 0.258 e. The largest absolute Gasteiger partial charge is 0.493 e. The lowest BCUT2D eigenvalue weighted by Gasteiger charge is -2.39. The summed E-state index contributed by atoms with van der Waals surface area (Å²) >= 11 is 0. The Bertz CT molecular complexity index is 1430. The topological polar surface area (TPSA) is 145 Å². The molecule has 2 aromatic carbocycles. The lowest BCUT2D eigenvalue weighted by atomic mass is 10.00. The first-order valence-corrected chi connectivity index (χ1v) is 12.6. The van der Waals surface area contributed by atoms with Crippen molar-refractivity contribution in [3.8, 4) is 17.2 Å². The molecule has 4 bridgehead atoms. The summed E-state index contributed by atoms with van der Waals surface area (Å²) in [4.78, 5) is 44.6. The maximum atomic E-state index is 14.5. The Balaban J connectivity index is 1.46. The molecule has 2 atom stereocenters. The number of methoxy groups -OCH3 is 1. The lowest BCUT2D eigenvalue weighted by molar-refractivity contribution is -0.123. The molecule has 5 rings (SSSR count). The summed E-state index contributed by atoms with van der Waals surface area (Å²) < 4.78 is 31.6. The number of aromatic nitrogens is 1. The number of fused-ring (bicyclic) bond motifs is 5. The van der Waals surface area contributed by atoms with Gasteiger partial charge in [0.1, 0.15) is 23.5 Å². The molecule has 0 radical (unpaired) electrons. The predicted octanol–water partition coefficient (Wildman–Crippen LogP) is 1.91. The third kappa shape index (κ3) is 6.06. The van der Waals surface area contributed by atoms with Crippen molar-refractivity contribution < 1.29 is 33.0 Å². The number of nitrogen functional groups attached to an aromatic ring is 1. The average molecular weight is 550 g/mol. The second-order valence-corrected chi connectivity index (χ2v) is 9.47. The van der Waals surface area contributed by atoms with Crippen LogP contribution in [0.4, 0.5) is 10.2 Å². The number of carbonyl (C=O) groups excluding carboxylic acids is 3. The third-order valence-electron chi connectivity index (χ3n) is 6.68. The summed E-state index contributed by atoms with van der Waals surface area (Å²) in [7, 11) is 1.45. The molecule has 0 spiro atoms. The van der Waals surface area contributed by atoms with E-state index in [-0.39, 0.29) is 42.7 Å². The van der Waals surface area contributed by atoms with Crippen molar-refractivity contribution in [2.24, 2.45) is 0 Å². The van der Waals surface area contributed by atoms with Crippen LogP contribution in [0.1, 0.15) is 32.7 Å². The lowest BCUT2D eigenvalue weighted by Crippen LogP contribution is -2.58. The zero-order valence-corrected chi connectivity index (χ0v) is 21.7. The van der Waals surface area contributed by atoms with Crippen LogP contribution in [0.3, 0.4) is 0 Å². The SMILES string of the molecule is COc1ccc2cc1OCC(=O)NCc1cc(F)cc(c1)O[C@@H]1CCN(C(=O)c3ccc(N)nc3)C[C@@H]1NC2=O. The van der Waals surface area contributed by atoms with Gasteiger partial charge in [0, 0.05) is 43.9 Å². The summed E-state index contributed by atoms with van der Waals surface area (Å²) in [6.45, 7) is 0.175. The number of rotatable bonds is 2. The third-order valence-corrected chi connectivity index (χ3v) is 6.68. The summed E-state index contributed by atoms with van der Waals surface area (Å²) in [5.74, 6) is -0.617. The first-order valence-electron chi connectivity index (χ1n) is 12.6. The number of halogens is 1. The first-order chi connectivity index (χ1) is 19.3. The van der Waals surface area contributed by atoms with Gasteiger partial charge in [-0.1, -0.05) is 0 Å². The van der Waals surface area contributed by atoms with Crippen molar-refractivity contribution in [2.45, 2.75) is 25.1 Å². The highest BCUT2D eigenvalue weighted by Crippen LogP contribution is 2.29. The van der Waals surface area contributed by atoms with E-state index >= 15 is 0 Å². The second-order valence-electron chi connectivity index (χ2n) is 9.47. The summed E-state index contributed by atoms with van der Waals surface area (Å²) in [6, 6.07) is 11.3. The van der Waals surface area contributed by atoms with Gasteiger partial charge in [0.25, 0.3) is 17.7 Å². The van der Waals surface area contributed by atoms with Crippen LogP contribution < -0.4 is 30.6 Å². The Kier molecular flexibility index (Phi) is 7.67. The number of nitrogens with two attached hydrogens (primary N) is 1. The molecule has 1 fully saturated rings. The van der Waals surface area contributed by atoms with Gasteiger partial charge in [-0.05, 0) is 48.0 Å². The molecule has 4 N–H and O–H groups in total. The standard InChI is InChI=1S/C28H28FN5O6/c1-38-23-4-2-17-10-24(23)39-15-26(35)32-12-16-8-19(29)11-20(9-16)40-22-6-7-34(14-21(22)33-27(17)36)28(37)18-3-5-25(30)31-13-18/h2-5,8-11,13,21-22H,6-7,12,14-15H2,1H3,(H2,30,31)(H,32,35)(H,33,36)/t21-,22+/m0/s1. The van der Waals surface area contributed by atoms with E-state index < -0.39 is 29.8 Å². The van der Waals surface area contributed by atoms with Crippen LogP contribution in [-0.2, 0) is 11.3 Å². The number of likely N-dealkylation sites (tertiary alicyclic amines) is 1. The maximum Gasteiger partial charge on any atom is 0.258 e. The number of amides is 3. The van der Waals surface area contributed by atoms with E-state index in [1.165, 1.54) is 31.5 Å². The van der Waals surface area contributed by atoms with E-state index in [1.54, 1.807) is 35.2 Å². The van der Waals surface area contributed by atoms with E-state index in [0.29, 0.717) is 35.7 Å². The Labute approximate surface area is 229 Å². The van der Waals surface area contributed by atoms with Crippen molar-refractivity contribution in [1.29, 1.82) is 0 Å². The molecule has 1 aromatic heterocycles. The number of pyridine rings is 1. The maximum absolute atomic E-state index is 14.5.